The molecule has 0 heterocycles. The molecule has 0 rings (SSSR count). The monoisotopic (exact) mass is 1520 g/mol. The highest BCUT2D eigenvalue weighted by Gasteiger charge is 2.30. The Balaban J connectivity index is 5.23. The van der Waals surface area contributed by atoms with Crippen molar-refractivity contribution in [2.24, 2.45) is 0 Å². The topological polar surface area (TPSA) is 237 Å². The fraction of sp³-hybridized carbons (Fsp3) is 0.953. The summed E-state index contributed by atoms with van der Waals surface area (Å²) in [5.74, 6) is -2.10. The predicted molar refractivity (Wildman–Crippen MR) is 428 cm³/mol. The lowest BCUT2D eigenvalue weighted by molar-refractivity contribution is -0.161. The molecule has 0 aromatic heterocycles. The summed E-state index contributed by atoms with van der Waals surface area (Å²) in [5.41, 5.74) is 0. The molecule has 19 heteroatoms. The van der Waals surface area contributed by atoms with Crippen molar-refractivity contribution < 1.29 is 80.2 Å². The quantitative estimate of drug-likeness (QED) is 0.0222. The lowest BCUT2D eigenvalue weighted by Gasteiger charge is -2.21. The second-order valence-electron chi connectivity index (χ2n) is 30.6. The summed E-state index contributed by atoms with van der Waals surface area (Å²) in [5, 5.41) is 10.7. The normalized spacial score (nSPS) is 13.7. The molecule has 3 N–H and O–H groups in total. The second kappa shape index (κ2) is 79.2. The highest BCUT2D eigenvalue weighted by molar-refractivity contribution is 7.47. The highest BCUT2D eigenvalue weighted by Crippen LogP contribution is 2.45. The SMILES string of the molecule is CCCCCCCCCCCCCCCCCCCCCCCC(=O)O[C@H](COC(=O)CCCCCCCCCCCCCCCCCCCC)COP(=O)(O)OC[C@@H](O)COP(=O)(O)OC[C@@H](COC(=O)CCCCCCCCCCCCCC)OC(=O)CCCCCCCCCCCCCCC. The summed E-state index contributed by atoms with van der Waals surface area (Å²) in [6.45, 7) is 5.05. The predicted octanol–water partition coefficient (Wildman–Crippen LogP) is 26.1. The van der Waals surface area contributed by atoms with E-state index in [-0.39, 0.29) is 25.7 Å². The van der Waals surface area contributed by atoms with E-state index in [2.05, 4.69) is 27.7 Å². The Morgan fingerprint density at radius 2 is 0.385 bits per heavy atom. The van der Waals surface area contributed by atoms with Gasteiger partial charge >= 0.3 is 39.5 Å². The summed E-state index contributed by atoms with van der Waals surface area (Å²) in [6.07, 6.45) is 73.5. The Kier molecular flexibility index (Phi) is 77.7. The molecule has 0 saturated carbocycles. The summed E-state index contributed by atoms with van der Waals surface area (Å²) >= 11 is 0. The zero-order valence-electron chi connectivity index (χ0n) is 68.0. The molecule has 0 aliphatic rings. The lowest BCUT2D eigenvalue weighted by atomic mass is 10.0. The van der Waals surface area contributed by atoms with Crippen LogP contribution in [0.1, 0.15) is 464 Å². The zero-order chi connectivity index (χ0) is 76.0. The van der Waals surface area contributed by atoms with Crippen LogP contribution < -0.4 is 0 Å². The van der Waals surface area contributed by atoms with E-state index in [4.69, 9.17) is 37.0 Å². The van der Waals surface area contributed by atoms with Gasteiger partial charge in [-0.15, -0.1) is 0 Å². The molecular weight excluding hydrogens is 1350 g/mol. The minimum absolute atomic E-state index is 0.109. The van der Waals surface area contributed by atoms with Crippen LogP contribution in [-0.2, 0) is 65.4 Å². The minimum atomic E-state index is -4.96. The molecule has 0 saturated heterocycles. The van der Waals surface area contributed by atoms with Gasteiger partial charge in [-0.2, -0.15) is 0 Å². The van der Waals surface area contributed by atoms with E-state index in [1.165, 1.54) is 295 Å². The van der Waals surface area contributed by atoms with Crippen molar-refractivity contribution in [3.8, 4) is 0 Å². The molecule has 0 bridgehead atoms. The maximum Gasteiger partial charge on any atom is 0.472 e. The summed E-state index contributed by atoms with van der Waals surface area (Å²) < 4.78 is 68.9. The van der Waals surface area contributed by atoms with Gasteiger partial charge < -0.3 is 33.8 Å². The van der Waals surface area contributed by atoms with E-state index in [0.717, 1.165) is 89.9 Å². The molecule has 2 unspecified atom stereocenters. The number of phosphoric acid groups is 2. The molecule has 0 aromatic rings. The van der Waals surface area contributed by atoms with Crippen LogP contribution in [0.15, 0.2) is 0 Å². The van der Waals surface area contributed by atoms with E-state index in [1.54, 1.807) is 0 Å². The number of carbonyl (C=O) groups is 4. The Labute approximate surface area is 638 Å². The van der Waals surface area contributed by atoms with Gasteiger partial charge in [0.1, 0.15) is 19.3 Å². The van der Waals surface area contributed by atoms with E-state index in [9.17, 15) is 43.2 Å². The molecule has 0 aliphatic carbocycles. The van der Waals surface area contributed by atoms with Crippen molar-refractivity contribution in [3.05, 3.63) is 0 Å². The van der Waals surface area contributed by atoms with Gasteiger partial charge in [0.05, 0.1) is 26.4 Å². The third kappa shape index (κ3) is 78.2. The third-order valence-corrected chi connectivity index (χ3v) is 22.0. The van der Waals surface area contributed by atoms with E-state index in [0.29, 0.717) is 25.7 Å². The van der Waals surface area contributed by atoms with Crippen LogP contribution in [0.3, 0.4) is 0 Å². The first-order valence-corrected chi connectivity index (χ1v) is 47.3. The van der Waals surface area contributed by atoms with Crippen LogP contribution in [0.2, 0.25) is 0 Å². The molecule has 618 valence electrons. The van der Waals surface area contributed by atoms with Gasteiger partial charge in [0.25, 0.3) is 0 Å². The second-order valence-corrected chi connectivity index (χ2v) is 33.5. The van der Waals surface area contributed by atoms with Crippen LogP contribution in [0, 0.1) is 0 Å². The van der Waals surface area contributed by atoms with Crippen molar-refractivity contribution in [2.45, 2.75) is 483 Å². The number of hydrogen-bond donors (Lipinski definition) is 3. The molecule has 0 aliphatic heterocycles. The van der Waals surface area contributed by atoms with Gasteiger partial charge in [-0.1, -0.05) is 413 Å². The molecule has 0 amide bonds. The van der Waals surface area contributed by atoms with Gasteiger partial charge in [-0.25, -0.2) is 9.13 Å². The Bertz CT molecular complexity index is 1960. The fourth-order valence-corrected chi connectivity index (χ4v) is 14.9. The number of phosphoric ester groups is 2. The first-order chi connectivity index (χ1) is 50.7. The largest absolute Gasteiger partial charge is 0.472 e. The molecule has 0 radical (unpaired) electrons. The number of unbranched alkanes of at least 4 members (excludes halogenated alkanes) is 60. The zero-order valence-corrected chi connectivity index (χ0v) is 69.8. The van der Waals surface area contributed by atoms with Crippen molar-refractivity contribution >= 4 is 39.5 Å². The standard InChI is InChI=1S/C85H166O17P2/c1-5-9-13-17-21-25-29-33-35-37-39-40-41-43-45-48-52-56-60-64-68-72-85(90)102-81(76-96-83(88)70-66-62-58-54-50-47-44-42-38-36-34-30-26-22-18-14-10-6-2)78-100-104(93,94)98-74-79(86)73-97-103(91,92)99-77-80(75-95-82(87)69-65-61-57-53-49-32-28-24-20-16-12-8-4)101-84(89)71-67-63-59-55-51-46-31-27-23-19-15-11-7-3/h79-81,86H,5-78H2,1-4H3,(H,91,92)(H,93,94)/t79-,80+,81+/m0/s1. The Morgan fingerprint density at radius 3 is 0.567 bits per heavy atom. The number of hydrogen-bond acceptors (Lipinski definition) is 15. The van der Waals surface area contributed by atoms with E-state index >= 15 is 0 Å². The first-order valence-electron chi connectivity index (χ1n) is 44.3. The molecule has 104 heavy (non-hydrogen) atoms. The Morgan fingerprint density at radius 1 is 0.231 bits per heavy atom. The maximum atomic E-state index is 13.1. The van der Waals surface area contributed by atoms with Crippen molar-refractivity contribution in [2.75, 3.05) is 39.6 Å². The third-order valence-electron chi connectivity index (χ3n) is 20.1. The maximum absolute atomic E-state index is 13.1. The summed E-state index contributed by atoms with van der Waals surface area (Å²) in [4.78, 5) is 73.2. The van der Waals surface area contributed by atoms with Gasteiger partial charge in [0, 0.05) is 25.7 Å². The van der Waals surface area contributed by atoms with Gasteiger partial charge in [-0.3, -0.25) is 37.3 Å². The summed E-state index contributed by atoms with van der Waals surface area (Å²) in [6, 6.07) is 0. The Hall–Kier alpha value is -1.94. The average molecular weight is 1520 g/mol. The average Bonchev–Trinajstić information content (AvgIpc) is 0.920. The molecular formula is C85H166O17P2. The van der Waals surface area contributed by atoms with Crippen molar-refractivity contribution in [1.29, 1.82) is 0 Å². The van der Waals surface area contributed by atoms with Gasteiger partial charge in [0.15, 0.2) is 12.2 Å². The van der Waals surface area contributed by atoms with Crippen LogP contribution in [-0.4, -0.2) is 96.7 Å². The smallest absolute Gasteiger partial charge is 0.462 e. The molecule has 17 nitrogen and oxygen atoms in total. The molecule has 0 aromatic carbocycles. The molecule has 0 spiro atoms. The van der Waals surface area contributed by atoms with E-state index < -0.39 is 97.5 Å². The van der Waals surface area contributed by atoms with Gasteiger partial charge in [-0.05, 0) is 25.7 Å². The number of ether oxygens (including phenoxy) is 4. The van der Waals surface area contributed by atoms with Crippen LogP contribution in [0.5, 0.6) is 0 Å². The van der Waals surface area contributed by atoms with Crippen LogP contribution >= 0.6 is 15.6 Å². The molecule has 5 atom stereocenters. The van der Waals surface area contributed by atoms with Crippen molar-refractivity contribution in [1.82, 2.24) is 0 Å². The van der Waals surface area contributed by atoms with E-state index in [1.807, 2.05) is 0 Å². The number of rotatable bonds is 86. The fourth-order valence-electron chi connectivity index (χ4n) is 13.3. The van der Waals surface area contributed by atoms with Crippen molar-refractivity contribution in [3.63, 3.8) is 0 Å². The lowest BCUT2D eigenvalue weighted by Crippen LogP contribution is -2.30. The van der Waals surface area contributed by atoms with Crippen LogP contribution in [0.4, 0.5) is 0 Å². The van der Waals surface area contributed by atoms with Crippen LogP contribution in [0.25, 0.3) is 0 Å². The molecule has 0 fully saturated rings. The first kappa shape index (κ1) is 102. The minimum Gasteiger partial charge on any atom is -0.462 e. The van der Waals surface area contributed by atoms with Gasteiger partial charge in [0.2, 0.25) is 0 Å². The highest BCUT2D eigenvalue weighted by atomic mass is 31.2. The summed E-state index contributed by atoms with van der Waals surface area (Å²) in [7, 11) is -9.92. The number of aliphatic hydroxyl groups excluding tert-OH is 1. The number of esters is 4. The number of aliphatic hydroxyl groups is 1. The number of carbonyl (C=O) groups excluding carboxylic acids is 4.